The van der Waals surface area contributed by atoms with Crippen LogP contribution in [0.5, 0.6) is 0 Å². The van der Waals surface area contributed by atoms with Crippen LogP contribution in [0.15, 0.2) is 39.5 Å². The second-order valence-corrected chi connectivity index (χ2v) is 4.42. The predicted molar refractivity (Wildman–Crippen MR) is 63.4 cm³/mol. The van der Waals surface area contributed by atoms with Gasteiger partial charge in [0.25, 0.3) is 0 Å². The highest BCUT2D eigenvalue weighted by molar-refractivity contribution is 9.10. The van der Waals surface area contributed by atoms with Crippen molar-refractivity contribution in [2.24, 2.45) is 0 Å². The first-order valence-electron chi connectivity index (χ1n) is 4.50. The Morgan fingerprint density at radius 3 is 2.88 bits per heavy atom. The van der Waals surface area contributed by atoms with Gasteiger partial charge >= 0.3 is 0 Å². The summed E-state index contributed by atoms with van der Waals surface area (Å²) in [5.74, 6) is 1.30. The van der Waals surface area contributed by atoms with Gasteiger partial charge in [-0.2, -0.15) is 0 Å². The van der Waals surface area contributed by atoms with Gasteiger partial charge in [-0.1, -0.05) is 11.6 Å². The smallest absolute Gasteiger partial charge is 0.204 e. The van der Waals surface area contributed by atoms with Crippen molar-refractivity contribution in [3.63, 3.8) is 0 Å². The minimum absolute atomic E-state index is 0.632. The first-order chi connectivity index (χ1) is 7.74. The second kappa shape index (κ2) is 3.61. The normalized spacial score (nSPS) is 11.1. The van der Waals surface area contributed by atoms with Crippen LogP contribution in [0.1, 0.15) is 0 Å². The Morgan fingerprint density at radius 1 is 1.25 bits per heavy atom. The Morgan fingerprint density at radius 2 is 2.12 bits per heavy atom. The van der Waals surface area contributed by atoms with Crippen molar-refractivity contribution < 1.29 is 4.42 Å². The van der Waals surface area contributed by atoms with Crippen molar-refractivity contribution in [2.75, 3.05) is 0 Å². The van der Waals surface area contributed by atoms with Gasteiger partial charge in [-0.15, -0.1) is 10.2 Å². The quantitative estimate of drug-likeness (QED) is 0.691. The van der Waals surface area contributed by atoms with Gasteiger partial charge in [0.15, 0.2) is 16.1 Å². The number of fused-ring (bicyclic) bond motifs is 1. The molecule has 16 heavy (non-hydrogen) atoms. The van der Waals surface area contributed by atoms with E-state index in [0.717, 1.165) is 0 Å². The summed E-state index contributed by atoms with van der Waals surface area (Å²) in [6, 6.07) is 7.16. The molecule has 0 aromatic carbocycles. The lowest BCUT2D eigenvalue weighted by molar-refractivity contribution is 0.550. The van der Waals surface area contributed by atoms with Gasteiger partial charge in [0, 0.05) is 17.3 Å². The maximum atomic E-state index is 5.87. The molecule has 0 aliphatic heterocycles. The number of halogens is 2. The molecule has 0 spiro atoms. The minimum atomic E-state index is 0.632. The Kier molecular flexibility index (Phi) is 2.22. The van der Waals surface area contributed by atoms with Gasteiger partial charge < -0.3 is 4.42 Å². The maximum Gasteiger partial charge on any atom is 0.204 e. The lowest BCUT2D eigenvalue weighted by Crippen LogP contribution is -1.86. The van der Waals surface area contributed by atoms with E-state index in [9.17, 15) is 0 Å². The van der Waals surface area contributed by atoms with Crippen LogP contribution in [-0.4, -0.2) is 14.6 Å². The number of hydrogen-bond donors (Lipinski definition) is 0. The van der Waals surface area contributed by atoms with E-state index < -0.39 is 0 Å². The molecular formula is C10H5BrClN3O. The van der Waals surface area contributed by atoms with E-state index in [0.29, 0.717) is 26.9 Å². The molecule has 3 aromatic rings. The van der Waals surface area contributed by atoms with Crippen LogP contribution in [0.3, 0.4) is 0 Å². The number of furan rings is 1. The van der Waals surface area contributed by atoms with E-state index in [4.69, 9.17) is 16.0 Å². The average molecular weight is 299 g/mol. The summed E-state index contributed by atoms with van der Waals surface area (Å²) < 4.78 is 7.90. The lowest BCUT2D eigenvalue weighted by atomic mass is 10.4. The first kappa shape index (κ1) is 9.86. The molecule has 0 radical (unpaired) electrons. The largest absolute Gasteiger partial charge is 0.446 e. The third-order valence-electron chi connectivity index (χ3n) is 2.17. The highest BCUT2D eigenvalue weighted by Crippen LogP contribution is 2.24. The molecule has 0 unspecified atom stereocenters. The van der Waals surface area contributed by atoms with Crippen LogP contribution < -0.4 is 0 Å². The molecule has 6 heteroatoms. The van der Waals surface area contributed by atoms with Crippen molar-refractivity contribution in [1.29, 1.82) is 0 Å². The lowest BCUT2D eigenvalue weighted by Gasteiger charge is -1.96. The highest BCUT2D eigenvalue weighted by atomic mass is 79.9. The van der Waals surface area contributed by atoms with Gasteiger partial charge in [-0.3, -0.25) is 4.40 Å². The van der Waals surface area contributed by atoms with Gasteiger partial charge in [-0.25, -0.2) is 0 Å². The Labute approximate surface area is 104 Å². The Balaban J connectivity index is 2.25. The zero-order chi connectivity index (χ0) is 11.1. The van der Waals surface area contributed by atoms with Crippen LogP contribution in [0, 0.1) is 0 Å². The summed E-state index contributed by atoms with van der Waals surface area (Å²) >= 11 is 9.11. The van der Waals surface area contributed by atoms with Crippen molar-refractivity contribution >= 4 is 33.2 Å². The Hall–Kier alpha value is -1.33. The molecule has 0 saturated heterocycles. The predicted octanol–water partition coefficient (Wildman–Crippen LogP) is 3.41. The van der Waals surface area contributed by atoms with Gasteiger partial charge in [0.05, 0.1) is 0 Å². The number of rotatable bonds is 1. The molecular weight excluding hydrogens is 293 g/mol. The average Bonchev–Trinajstić information content (AvgIpc) is 2.83. The highest BCUT2D eigenvalue weighted by Gasteiger charge is 2.11. The number of aromatic nitrogens is 3. The maximum absolute atomic E-state index is 5.87. The number of hydrogen-bond acceptors (Lipinski definition) is 3. The molecule has 80 valence electrons. The summed E-state index contributed by atoms with van der Waals surface area (Å²) in [7, 11) is 0. The molecule has 0 atom stereocenters. The van der Waals surface area contributed by atoms with Crippen molar-refractivity contribution in [1.82, 2.24) is 14.6 Å². The van der Waals surface area contributed by atoms with Gasteiger partial charge in [-0.05, 0) is 34.1 Å². The van der Waals surface area contributed by atoms with Crippen LogP contribution in [-0.2, 0) is 0 Å². The molecule has 0 aliphatic carbocycles. The molecule has 3 aromatic heterocycles. The van der Waals surface area contributed by atoms with E-state index in [1.54, 1.807) is 12.1 Å². The molecule has 3 rings (SSSR count). The van der Waals surface area contributed by atoms with Gasteiger partial charge in [0.1, 0.15) is 0 Å². The minimum Gasteiger partial charge on any atom is -0.446 e. The van der Waals surface area contributed by atoms with Crippen molar-refractivity contribution in [2.45, 2.75) is 0 Å². The number of pyridine rings is 1. The van der Waals surface area contributed by atoms with E-state index in [-0.39, 0.29) is 0 Å². The SMILES string of the molecule is Clc1ccn2c(-c3ccc(Br)o3)nnc2c1. The van der Waals surface area contributed by atoms with E-state index in [1.807, 2.05) is 22.7 Å². The monoisotopic (exact) mass is 297 g/mol. The summed E-state index contributed by atoms with van der Waals surface area (Å²) in [6.07, 6.45) is 1.81. The van der Waals surface area contributed by atoms with E-state index in [1.165, 1.54) is 0 Å². The zero-order valence-corrected chi connectivity index (χ0v) is 10.2. The molecule has 0 N–H and O–H groups in total. The summed E-state index contributed by atoms with van der Waals surface area (Å²) in [6.45, 7) is 0. The fourth-order valence-electron chi connectivity index (χ4n) is 1.47. The van der Waals surface area contributed by atoms with Crippen LogP contribution in [0.4, 0.5) is 0 Å². The second-order valence-electron chi connectivity index (χ2n) is 3.20. The molecule has 3 heterocycles. The van der Waals surface area contributed by atoms with Gasteiger partial charge in [0.2, 0.25) is 5.82 Å². The van der Waals surface area contributed by atoms with Crippen molar-refractivity contribution in [3.05, 3.63) is 40.2 Å². The van der Waals surface area contributed by atoms with Crippen LogP contribution in [0.25, 0.3) is 17.2 Å². The summed E-state index contributed by atoms with van der Waals surface area (Å²) in [4.78, 5) is 0. The number of nitrogens with zero attached hydrogens (tertiary/aromatic N) is 3. The first-order valence-corrected chi connectivity index (χ1v) is 5.67. The molecule has 0 aliphatic rings. The molecule has 0 saturated carbocycles. The molecule has 4 nitrogen and oxygen atoms in total. The summed E-state index contributed by atoms with van der Waals surface area (Å²) in [5, 5.41) is 8.71. The van der Waals surface area contributed by atoms with E-state index in [2.05, 4.69) is 26.1 Å². The third-order valence-corrected chi connectivity index (χ3v) is 2.83. The topological polar surface area (TPSA) is 43.3 Å². The Bertz CT molecular complexity index is 661. The molecule has 0 amide bonds. The fraction of sp³-hybridized carbons (Fsp3) is 0. The standard InChI is InChI=1S/C10H5BrClN3O/c11-8-2-1-7(16-8)10-14-13-9-5-6(12)3-4-15(9)10/h1-5H. The third kappa shape index (κ3) is 1.52. The molecule has 0 fully saturated rings. The fourth-order valence-corrected chi connectivity index (χ4v) is 1.93. The zero-order valence-electron chi connectivity index (χ0n) is 7.89. The van der Waals surface area contributed by atoms with E-state index >= 15 is 0 Å². The van der Waals surface area contributed by atoms with Crippen LogP contribution >= 0.6 is 27.5 Å². The summed E-state index contributed by atoms with van der Waals surface area (Å²) in [5.41, 5.74) is 0.690. The van der Waals surface area contributed by atoms with Crippen LogP contribution in [0.2, 0.25) is 5.02 Å². The van der Waals surface area contributed by atoms with Crippen molar-refractivity contribution in [3.8, 4) is 11.6 Å². The molecule has 0 bridgehead atoms.